The van der Waals surface area contributed by atoms with Gasteiger partial charge in [0, 0.05) is 17.8 Å². The van der Waals surface area contributed by atoms with Crippen molar-refractivity contribution in [3.63, 3.8) is 0 Å². The Labute approximate surface area is 153 Å². The van der Waals surface area contributed by atoms with Crippen LogP contribution in [0.2, 0.25) is 0 Å². The molecule has 8 heteroatoms. The first kappa shape index (κ1) is 17.9. The largest absolute Gasteiger partial charge is 0.507 e. The van der Waals surface area contributed by atoms with E-state index in [0.29, 0.717) is 5.69 Å². The summed E-state index contributed by atoms with van der Waals surface area (Å²) in [7, 11) is 0. The maximum absolute atomic E-state index is 12.1. The highest BCUT2D eigenvalue weighted by molar-refractivity contribution is 6.00. The first-order valence-corrected chi connectivity index (χ1v) is 7.87. The number of esters is 1. The predicted molar refractivity (Wildman–Crippen MR) is 97.6 cm³/mol. The van der Waals surface area contributed by atoms with Crippen LogP contribution in [0.15, 0.2) is 60.7 Å². The fourth-order valence-electron chi connectivity index (χ4n) is 2.46. The van der Waals surface area contributed by atoms with Crippen molar-refractivity contribution >= 4 is 34.0 Å². The second-order valence-corrected chi connectivity index (χ2v) is 5.64. The standard InChI is InChI=1S/C19H14N2O6/c22-17-10-13-4-2-1-3-12(13)9-16(17)19(24)27-11-18(23)20-14-5-7-15(8-6-14)21(25)26/h1-10,22H,11H2,(H,20,23). The maximum atomic E-state index is 12.1. The molecule has 0 spiro atoms. The monoisotopic (exact) mass is 366 g/mol. The van der Waals surface area contributed by atoms with Crippen LogP contribution in [0.3, 0.4) is 0 Å². The lowest BCUT2D eigenvalue weighted by Gasteiger charge is -2.08. The Kier molecular flexibility index (Phi) is 4.98. The summed E-state index contributed by atoms with van der Waals surface area (Å²) in [5, 5.41) is 24.6. The van der Waals surface area contributed by atoms with Crippen LogP contribution >= 0.6 is 0 Å². The Hall–Kier alpha value is -3.94. The Morgan fingerprint density at radius 3 is 2.30 bits per heavy atom. The van der Waals surface area contributed by atoms with Crippen LogP contribution < -0.4 is 5.32 Å². The highest BCUT2D eigenvalue weighted by Gasteiger charge is 2.16. The average molecular weight is 366 g/mol. The van der Waals surface area contributed by atoms with Gasteiger partial charge in [-0.1, -0.05) is 24.3 Å². The summed E-state index contributed by atoms with van der Waals surface area (Å²) >= 11 is 0. The molecule has 1 amide bonds. The number of phenols is 1. The molecule has 2 N–H and O–H groups in total. The van der Waals surface area contributed by atoms with E-state index in [9.17, 15) is 24.8 Å². The van der Waals surface area contributed by atoms with Gasteiger partial charge in [-0.05, 0) is 35.0 Å². The lowest BCUT2D eigenvalue weighted by atomic mass is 10.1. The van der Waals surface area contributed by atoms with Crippen LogP contribution in [0, 0.1) is 10.1 Å². The summed E-state index contributed by atoms with van der Waals surface area (Å²) in [6, 6.07) is 15.3. The molecule has 0 aliphatic rings. The van der Waals surface area contributed by atoms with Crippen molar-refractivity contribution in [3.8, 4) is 5.75 Å². The number of carbonyl (C=O) groups is 2. The van der Waals surface area contributed by atoms with Crippen LogP contribution in [0.5, 0.6) is 5.75 Å². The Balaban J connectivity index is 1.62. The van der Waals surface area contributed by atoms with Gasteiger partial charge in [0.25, 0.3) is 11.6 Å². The molecule has 0 aromatic heterocycles. The molecule has 8 nitrogen and oxygen atoms in total. The van der Waals surface area contributed by atoms with E-state index < -0.39 is 23.4 Å². The normalized spacial score (nSPS) is 10.4. The number of hydrogen-bond acceptors (Lipinski definition) is 6. The molecular weight excluding hydrogens is 352 g/mol. The molecule has 27 heavy (non-hydrogen) atoms. The smallest absolute Gasteiger partial charge is 0.342 e. The van der Waals surface area contributed by atoms with Crippen LogP contribution in [0.1, 0.15) is 10.4 Å². The van der Waals surface area contributed by atoms with E-state index in [1.165, 1.54) is 36.4 Å². The Bertz CT molecular complexity index is 1030. The number of nitro groups is 1. The van der Waals surface area contributed by atoms with E-state index in [1.54, 1.807) is 18.2 Å². The van der Waals surface area contributed by atoms with Crippen LogP contribution in [-0.2, 0) is 9.53 Å². The minimum atomic E-state index is -0.836. The van der Waals surface area contributed by atoms with Gasteiger partial charge in [-0.3, -0.25) is 14.9 Å². The van der Waals surface area contributed by atoms with Gasteiger partial charge in [0.1, 0.15) is 11.3 Å². The Morgan fingerprint density at radius 1 is 1.04 bits per heavy atom. The van der Waals surface area contributed by atoms with Crippen LogP contribution in [0.25, 0.3) is 10.8 Å². The van der Waals surface area contributed by atoms with Gasteiger partial charge in [0.15, 0.2) is 6.61 Å². The highest BCUT2D eigenvalue weighted by Crippen LogP contribution is 2.25. The van der Waals surface area contributed by atoms with Gasteiger partial charge in [-0.25, -0.2) is 4.79 Å². The van der Waals surface area contributed by atoms with Crippen LogP contribution in [0.4, 0.5) is 11.4 Å². The predicted octanol–water partition coefficient (Wildman–Crippen LogP) is 3.25. The maximum Gasteiger partial charge on any atom is 0.342 e. The minimum absolute atomic E-state index is 0.0446. The fraction of sp³-hybridized carbons (Fsp3) is 0.0526. The molecule has 136 valence electrons. The first-order valence-electron chi connectivity index (χ1n) is 7.87. The number of phenolic OH excluding ortho intramolecular Hbond substituents is 1. The highest BCUT2D eigenvalue weighted by atomic mass is 16.6. The molecule has 3 aromatic rings. The Morgan fingerprint density at radius 2 is 1.67 bits per heavy atom. The molecule has 0 bridgehead atoms. The van der Waals surface area contributed by atoms with Gasteiger partial charge < -0.3 is 15.2 Å². The quantitative estimate of drug-likeness (QED) is 0.406. The number of ether oxygens (including phenoxy) is 1. The third-order valence-corrected chi connectivity index (χ3v) is 3.78. The number of carbonyl (C=O) groups excluding carboxylic acids is 2. The number of nitrogens with zero attached hydrogens (tertiary/aromatic N) is 1. The van der Waals surface area contributed by atoms with Gasteiger partial charge in [0.05, 0.1) is 4.92 Å². The van der Waals surface area contributed by atoms with Gasteiger partial charge >= 0.3 is 5.97 Å². The molecule has 0 unspecified atom stereocenters. The summed E-state index contributed by atoms with van der Waals surface area (Å²) in [6.07, 6.45) is 0. The molecular formula is C19H14N2O6. The average Bonchev–Trinajstić information content (AvgIpc) is 2.66. The molecule has 0 heterocycles. The van der Waals surface area contributed by atoms with Gasteiger partial charge in [0.2, 0.25) is 0 Å². The van der Waals surface area contributed by atoms with Crippen molar-refractivity contribution in [2.75, 3.05) is 11.9 Å². The van der Waals surface area contributed by atoms with E-state index >= 15 is 0 Å². The number of hydrogen-bond donors (Lipinski definition) is 2. The summed E-state index contributed by atoms with van der Waals surface area (Å²) < 4.78 is 4.93. The van der Waals surface area contributed by atoms with Crippen LogP contribution in [-0.4, -0.2) is 28.5 Å². The van der Waals surface area contributed by atoms with Crippen molar-refractivity contribution in [1.82, 2.24) is 0 Å². The molecule has 0 radical (unpaired) electrons. The number of benzene rings is 3. The zero-order chi connectivity index (χ0) is 19.4. The lowest BCUT2D eigenvalue weighted by Crippen LogP contribution is -2.21. The number of non-ortho nitro benzene ring substituents is 1. The number of nitro benzene ring substituents is 1. The molecule has 0 atom stereocenters. The van der Waals surface area contributed by atoms with Crippen molar-refractivity contribution < 1.29 is 24.4 Å². The van der Waals surface area contributed by atoms with Gasteiger partial charge in [-0.2, -0.15) is 0 Å². The number of rotatable bonds is 5. The molecule has 0 aliphatic carbocycles. The fourth-order valence-corrected chi connectivity index (χ4v) is 2.46. The summed E-state index contributed by atoms with van der Waals surface area (Å²) in [6.45, 7) is -0.567. The second-order valence-electron chi connectivity index (χ2n) is 5.64. The summed E-state index contributed by atoms with van der Waals surface area (Å²) in [4.78, 5) is 34.1. The third-order valence-electron chi connectivity index (χ3n) is 3.78. The number of nitrogens with one attached hydrogen (secondary N) is 1. The molecule has 0 aliphatic heterocycles. The van der Waals surface area contributed by atoms with Crippen molar-refractivity contribution in [1.29, 1.82) is 0 Å². The molecule has 0 saturated heterocycles. The van der Waals surface area contributed by atoms with E-state index in [-0.39, 0.29) is 17.0 Å². The number of fused-ring (bicyclic) bond motifs is 1. The third kappa shape index (κ3) is 4.18. The van der Waals surface area contributed by atoms with E-state index in [2.05, 4.69) is 5.32 Å². The number of amides is 1. The topological polar surface area (TPSA) is 119 Å². The molecule has 3 aromatic carbocycles. The number of aromatic hydroxyl groups is 1. The second kappa shape index (κ2) is 7.52. The van der Waals surface area contributed by atoms with E-state index in [0.717, 1.165) is 10.8 Å². The molecule has 0 fully saturated rings. The van der Waals surface area contributed by atoms with E-state index in [1.807, 2.05) is 6.07 Å². The van der Waals surface area contributed by atoms with Crippen molar-refractivity contribution in [2.45, 2.75) is 0 Å². The van der Waals surface area contributed by atoms with Gasteiger partial charge in [-0.15, -0.1) is 0 Å². The van der Waals surface area contributed by atoms with Crippen molar-refractivity contribution in [3.05, 3.63) is 76.3 Å². The summed E-state index contributed by atoms with van der Waals surface area (Å²) in [5.74, 6) is -1.69. The van der Waals surface area contributed by atoms with E-state index in [4.69, 9.17) is 4.74 Å². The lowest BCUT2D eigenvalue weighted by molar-refractivity contribution is -0.384. The SMILES string of the molecule is O=C(COC(=O)c1cc2ccccc2cc1O)Nc1ccc([N+](=O)[O-])cc1. The minimum Gasteiger partial charge on any atom is -0.507 e. The molecule has 3 rings (SSSR count). The zero-order valence-corrected chi connectivity index (χ0v) is 13.9. The van der Waals surface area contributed by atoms with Crippen molar-refractivity contribution in [2.24, 2.45) is 0 Å². The zero-order valence-electron chi connectivity index (χ0n) is 13.9. The first-order chi connectivity index (χ1) is 12.9. The molecule has 0 saturated carbocycles. The summed E-state index contributed by atoms with van der Waals surface area (Å²) in [5.41, 5.74) is 0.179. The number of anilines is 1.